The summed E-state index contributed by atoms with van der Waals surface area (Å²) in [5, 5.41) is 26.0. The standard InChI is InChI=1S/C28H39N3O6/c1-27(2,3)30-24(34)23(20-14-10-11-15-22(20)33)31(16-17-32)25(35)21(18-19-12-8-7-9-13-19)29-26(36)37-28(4,5)6/h7-15,21,23,32-33H,16-18H2,1-6H3,(H,29,36)(H,30,34). The number of ether oxygens (including phenoxy) is 1. The number of aliphatic hydroxyl groups is 1. The van der Waals surface area contributed by atoms with E-state index in [4.69, 9.17) is 4.74 Å². The van der Waals surface area contributed by atoms with Crippen molar-refractivity contribution in [2.75, 3.05) is 13.2 Å². The van der Waals surface area contributed by atoms with Gasteiger partial charge in [-0.1, -0.05) is 48.5 Å². The molecule has 2 rings (SSSR count). The van der Waals surface area contributed by atoms with Crippen molar-refractivity contribution in [2.24, 2.45) is 0 Å². The molecule has 4 N–H and O–H groups in total. The Hall–Kier alpha value is -3.59. The number of aromatic hydroxyl groups is 1. The summed E-state index contributed by atoms with van der Waals surface area (Å²) >= 11 is 0. The first-order valence-electron chi connectivity index (χ1n) is 12.3. The van der Waals surface area contributed by atoms with Crippen molar-refractivity contribution in [3.05, 3.63) is 65.7 Å². The predicted octanol–water partition coefficient (Wildman–Crippen LogP) is 3.30. The molecule has 202 valence electrons. The third-order valence-electron chi connectivity index (χ3n) is 5.19. The molecular weight excluding hydrogens is 474 g/mol. The number of alkyl carbamates (subject to hydrolysis) is 1. The Morgan fingerprint density at radius 1 is 0.946 bits per heavy atom. The van der Waals surface area contributed by atoms with Gasteiger partial charge in [0.25, 0.3) is 0 Å². The van der Waals surface area contributed by atoms with Gasteiger partial charge in [0.05, 0.1) is 6.61 Å². The molecule has 2 atom stereocenters. The van der Waals surface area contributed by atoms with E-state index in [1.54, 1.807) is 59.7 Å². The molecule has 2 unspecified atom stereocenters. The third-order valence-corrected chi connectivity index (χ3v) is 5.19. The Morgan fingerprint density at radius 2 is 1.54 bits per heavy atom. The molecule has 0 aromatic heterocycles. The van der Waals surface area contributed by atoms with E-state index in [2.05, 4.69) is 10.6 Å². The van der Waals surface area contributed by atoms with Gasteiger partial charge < -0.3 is 30.5 Å². The lowest BCUT2D eigenvalue weighted by Crippen LogP contribution is -2.55. The number of amides is 3. The van der Waals surface area contributed by atoms with Crippen LogP contribution in [0.2, 0.25) is 0 Å². The van der Waals surface area contributed by atoms with Crippen LogP contribution >= 0.6 is 0 Å². The molecular formula is C28H39N3O6. The maximum absolute atomic E-state index is 14.0. The van der Waals surface area contributed by atoms with Gasteiger partial charge in [0.1, 0.15) is 23.4 Å². The molecule has 0 bridgehead atoms. The Labute approximate surface area is 218 Å². The maximum Gasteiger partial charge on any atom is 0.408 e. The summed E-state index contributed by atoms with van der Waals surface area (Å²) in [7, 11) is 0. The summed E-state index contributed by atoms with van der Waals surface area (Å²) in [4.78, 5) is 41.4. The fourth-order valence-electron chi connectivity index (χ4n) is 3.78. The van der Waals surface area contributed by atoms with E-state index in [9.17, 15) is 24.6 Å². The minimum atomic E-state index is -1.27. The Morgan fingerprint density at radius 3 is 2.08 bits per heavy atom. The highest BCUT2D eigenvalue weighted by Gasteiger charge is 2.38. The van der Waals surface area contributed by atoms with Gasteiger partial charge in [0, 0.05) is 24.1 Å². The molecule has 0 aliphatic rings. The lowest BCUT2D eigenvalue weighted by atomic mass is 9.98. The van der Waals surface area contributed by atoms with E-state index >= 15 is 0 Å². The molecule has 9 heteroatoms. The van der Waals surface area contributed by atoms with Crippen molar-refractivity contribution in [3.8, 4) is 5.75 Å². The van der Waals surface area contributed by atoms with E-state index in [1.165, 1.54) is 11.0 Å². The van der Waals surface area contributed by atoms with Gasteiger partial charge in [-0.05, 0) is 53.2 Å². The lowest BCUT2D eigenvalue weighted by molar-refractivity contribution is -0.143. The second-order valence-electron chi connectivity index (χ2n) is 10.8. The van der Waals surface area contributed by atoms with E-state index < -0.39 is 47.7 Å². The summed E-state index contributed by atoms with van der Waals surface area (Å²) in [5.41, 5.74) is -0.452. The van der Waals surface area contributed by atoms with Gasteiger partial charge in [-0.2, -0.15) is 0 Å². The molecule has 9 nitrogen and oxygen atoms in total. The number of phenolic OH excluding ortho intramolecular Hbond substituents is 1. The van der Waals surface area contributed by atoms with Crippen LogP contribution < -0.4 is 10.6 Å². The van der Waals surface area contributed by atoms with Crippen LogP contribution in [-0.4, -0.2) is 63.4 Å². The number of hydrogen-bond donors (Lipinski definition) is 4. The van der Waals surface area contributed by atoms with Crippen LogP contribution in [0.4, 0.5) is 4.79 Å². The monoisotopic (exact) mass is 513 g/mol. The molecule has 2 aromatic rings. The number of carbonyl (C=O) groups is 3. The van der Waals surface area contributed by atoms with Crippen molar-refractivity contribution in [1.29, 1.82) is 0 Å². The van der Waals surface area contributed by atoms with Crippen molar-refractivity contribution in [1.82, 2.24) is 15.5 Å². The minimum Gasteiger partial charge on any atom is -0.508 e. The molecule has 37 heavy (non-hydrogen) atoms. The first kappa shape index (κ1) is 29.6. The average Bonchev–Trinajstić information content (AvgIpc) is 2.77. The number of hydrogen-bond acceptors (Lipinski definition) is 6. The van der Waals surface area contributed by atoms with Gasteiger partial charge in [-0.3, -0.25) is 9.59 Å². The van der Waals surface area contributed by atoms with E-state index in [1.807, 2.05) is 30.3 Å². The fourth-order valence-corrected chi connectivity index (χ4v) is 3.78. The summed E-state index contributed by atoms with van der Waals surface area (Å²) in [6, 6.07) is 13.0. The zero-order chi connectivity index (χ0) is 27.8. The number of aliphatic hydroxyl groups excluding tert-OH is 1. The number of carbonyl (C=O) groups excluding carboxylic acids is 3. The van der Waals surface area contributed by atoms with Crippen LogP contribution in [0.5, 0.6) is 5.75 Å². The van der Waals surface area contributed by atoms with E-state index in [0.29, 0.717) is 0 Å². The van der Waals surface area contributed by atoms with Gasteiger partial charge in [-0.15, -0.1) is 0 Å². The quantitative estimate of drug-likeness (QED) is 0.407. The average molecular weight is 514 g/mol. The Kier molecular flexibility index (Phi) is 10.1. The fraction of sp³-hybridized carbons (Fsp3) is 0.464. The zero-order valence-electron chi connectivity index (χ0n) is 22.4. The normalized spacial score (nSPS) is 13.3. The molecule has 0 saturated carbocycles. The van der Waals surface area contributed by atoms with Crippen LogP contribution in [0.1, 0.15) is 58.7 Å². The number of nitrogens with one attached hydrogen (secondary N) is 2. The molecule has 0 aliphatic carbocycles. The van der Waals surface area contributed by atoms with Crippen LogP contribution in [-0.2, 0) is 20.7 Å². The van der Waals surface area contributed by atoms with Crippen molar-refractivity contribution in [2.45, 2.75) is 71.2 Å². The van der Waals surface area contributed by atoms with Gasteiger partial charge in [0.2, 0.25) is 11.8 Å². The molecule has 0 radical (unpaired) electrons. The number of phenols is 1. The molecule has 3 amide bonds. The van der Waals surface area contributed by atoms with Crippen LogP contribution in [0.3, 0.4) is 0 Å². The summed E-state index contributed by atoms with van der Waals surface area (Å²) < 4.78 is 5.38. The minimum absolute atomic E-state index is 0.120. The highest BCUT2D eigenvalue weighted by Crippen LogP contribution is 2.30. The largest absolute Gasteiger partial charge is 0.508 e. The SMILES string of the molecule is CC(C)(C)NC(=O)C(c1ccccc1O)N(CCO)C(=O)C(Cc1ccccc1)NC(=O)OC(C)(C)C. The second-order valence-corrected chi connectivity index (χ2v) is 10.8. The number of para-hydroxylation sites is 1. The highest BCUT2D eigenvalue weighted by atomic mass is 16.6. The van der Waals surface area contributed by atoms with Crippen LogP contribution in [0.25, 0.3) is 0 Å². The van der Waals surface area contributed by atoms with Crippen molar-refractivity contribution in [3.63, 3.8) is 0 Å². The molecule has 0 fully saturated rings. The predicted molar refractivity (Wildman–Crippen MR) is 141 cm³/mol. The molecule has 0 spiro atoms. The summed E-state index contributed by atoms with van der Waals surface area (Å²) in [6.45, 7) is 9.88. The summed E-state index contributed by atoms with van der Waals surface area (Å²) in [6.07, 6.45) is -0.668. The number of benzene rings is 2. The maximum atomic E-state index is 14.0. The lowest BCUT2D eigenvalue weighted by Gasteiger charge is -2.36. The topological polar surface area (TPSA) is 128 Å². The highest BCUT2D eigenvalue weighted by molar-refractivity contribution is 5.93. The van der Waals surface area contributed by atoms with Crippen molar-refractivity contribution >= 4 is 17.9 Å². The molecule has 0 aliphatic heterocycles. The number of nitrogens with zero attached hydrogens (tertiary/aromatic N) is 1. The number of rotatable bonds is 9. The molecule has 2 aromatic carbocycles. The Bertz CT molecular complexity index is 1060. The van der Waals surface area contributed by atoms with Gasteiger partial charge in [0.15, 0.2) is 0 Å². The first-order valence-corrected chi connectivity index (χ1v) is 12.3. The van der Waals surface area contributed by atoms with Crippen LogP contribution in [0.15, 0.2) is 54.6 Å². The smallest absolute Gasteiger partial charge is 0.408 e. The van der Waals surface area contributed by atoms with Gasteiger partial charge >= 0.3 is 6.09 Å². The Balaban J connectivity index is 2.54. The van der Waals surface area contributed by atoms with E-state index in [0.717, 1.165) is 5.56 Å². The van der Waals surface area contributed by atoms with Crippen molar-refractivity contribution < 1.29 is 29.3 Å². The first-order chi connectivity index (χ1) is 17.2. The van der Waals surface area contributed by atoms with E-state index in [-0.39, 0.29) is 24.3 Å². The summed E-state index contributed by atoms with van der Waals surface area (Å²) in [5.74, 6) is -1.32. The van der Waals surface area contributed by atoms with Gasteiger partial charge in [-0.25, -0.2) is 4.79 Å². The second kappa shape index (κ2) is 12.6. The molecule has 0 saturated heterocycles. The third kappa shape index (κ3) is 9.42. The zero-order valence-corrected chi connectivity index (χ0v) is 22.4. The van der Waals surface area contributed by atoms with Crippen LogP contribution in [0, 0.1) is 0 Å². The molecule has 0 heterocycles.